The Balaban J connectivity index is 1.65. The highest BCUT2D eigenvalue weighted by atomic mass is 79.9. The van der Waals surface area contributed by atoms with Crippen molar-refractivity contribution in [3.8, 4) is 11.3 Å². The van der Waals surface area contributed by atoms with Crippen molar-refractivity contribution in [3.63, 3.8) is 0 Å². The molecule has 0 aliphatic carbocycles. The number of rotatable bonds is 8. The molecule has 0 bridgehead atoms. The molecule has 1 aromatic carbocycles. The number of hydrogen-bond acceptors (Lipinski definition) is 5. The topological polar surface area (TPSA) is 70.8 Å². The Morgan fingerprint density at radius 1 is 1.28 bits per heavy atom. The second-order valence-corrected chi connectivity index (χ2v) is 8.96. The molecule has 1 fully saturated rings. The maximum atomic E-state index is 14.1. The van der Waals surface area contributed by atoms with Crippen LogP contribution in [0.25, 0.3) is 17.4 Å². The molecule has 0 radical (unpaired) electrons. The lowest BCUT2D eigenvalue weighted by molar-refractivity contribution is -0.137. The maximum absolute atomic E-state index is 14.1. The first-order chi connectivity index (χ1) is 13.8. The van der Waals surface area contributed by atoms with Crippen LogP contribution in [-0.2, 0) is 9.59 Å². The number of carboxylic acids is 1. The van der Waals surface area contributed by atoms with Gasteiger partial charge in [0.25, 0.3) is 5.91 Å². The number of nitrogens with zero attached hydrogens (tertiary/aromatic N) is 1. The van der Waals surface area contributed by atoms with Gasteiger partial charge in [0.2, 0.25) is 0 Å². The van der Waals surface area contributed by atoms with Crippen molar-refractivity contribution in [2.24, 2.45) is 0 Å². The Kier molecular flexibility index (Phi) is 7.26. The maximum Gasteiger partial charge on any atom is 0.303 e. The van der Waals surface area contributed by atoms with E-state index in [1.54, 1.807) is 30.3 Å². The third kappa shape index (κ3) is 5.55. The van der Waals surface area contributed by atoms with Crippen LogP contribution in [0.1, 0.15) is 31.4 Å². The van der Waals surface area contributed by atoms with E-state index in [-0.39, 0.29) is 12.3 Å². The van der Waals surface area contributed by atoms with Crippen LogP contribution in [-0.4, -0.2) is 32.7 Å². The standard InChI is InChI=1S/C20H17BrFNO4S2/c21-12-5-7-14(15(22)10-12)16-8-6-13(27-16)11-17-19(26)23(20(28)29-17)9-3-1-2-4-18(24)25/h5-8,10-11H,1-4,9H2,(H,24,25)/b17-11-. The van der Waals surface area contributed by atoms with E-state index in [2.05, 4.69) is 15.9 Å². The number of furan rings is 1. The van der Waals surface area contributed by atoms with E-state index in [1.165, 1.54) is 22.7 Å². The number of unbranched alkanes of at least 4 members (excludes halogenated alkanes) is 2. The number of carboxylic acid groups (broad SMARTS) is 1. The first kappa shape index (κ1) is 21.7. The Labute approximate surface area is 185 Å². The van der Waals surface area contributed by atoms with Crippen LogP contribution < -0.4 is 0 Å². The molecule has 5 nitrogen and oxygen atoms in total. The monoisotopic (exact) mass is 497 g/mol. The van der Waals surface area contributed by atoms with Gasteiger partial charge in [-0.05, 0) is 43.2 Å². The fourth-order valence-corrected chi connectivity index (χ4v) is 4.43. The molecule has 0 saturated carbocycles. The van der Waals surface area contributed by atoms with Gasteiger partial charge in [-0.25, -0.2) is 4.39 Å². The van der Waals surface area contributed by atoms with Crippen LogP contribution in [0.2, 0.25) is 0 Å². The fraction of sp³-hybridized carbons (Fsp3) is 0.250. The summed E-state index contributed by atoms with van der Waals surface area (Å²) in [4.78, 5) is 25.1. The summed E-state index contributed by atoms with van der Waals surface area (Å²) in [7, 11) is 0. The zero-order valence-electron chi connectivity index (χ0n) is 15.2. The Hall–Kier alpha value is -1.97. The summed E-state index contributed by atoms with van der Waals surface area (Å²) in [5.41, 5.74) is 0.335. The highest BCUT2D eigenvalue weighted by Gasteiger charge is 2.31. The summed E-state index contributed by atoms with van der Waals surface area (Å²) in [6.07, 6.45) is 3.69. The molecule has 1 amide bonds. The highest BCUT2D eigenvalue weighted by molar-refractivity contribution is 9.10. The van der Waals surface area contributed by atoms with E-state index in [9.17, 15) is 14.0 Å². The number of carbonyl (C=O) groups is 2. The molecule has 1 aliphatic heterocycles. The van der Waals surface area contributed by atoms with E-state index in [0.29, 0.717) is 56.6 Å². The van der Waals surface area contributed by atoms with Crippen molar-refractivity contribution in [2.75, 3.05) is 6.54 Å². The van der Waals surface area contributed by atoms with Crippen molar-refractivity contribution in [1.82, 2.24) is 4.90 Å². The third-order valence-electron chi connectivity index (χ3n) is 4.24. The number of hydrogen-bond donors (Lipinski definition) is 1. The minimum atomic E-state index is -0.820. The SMILES string of the molecule is O=C(O)CCCCCN1C(=O)/C(=C/c2ccc(-c3ccc(Br)cc3F)o2)SC1=S. The van der Waals surface area contributed by atoms with Crippen LogP contribution in [0.4, 0.5) is 4.39 Å². The zero-order chi connectivity index (χ0) is 21.0. The molecule has 29 heavy (non-hydrogen) atoms. The van der Waals surface area contributed by atoms with Crippen LogP contribution in [0.5, 0.6) is 0 Å². The van der Waals surface area contributed by atoms with E-state index in [1.807, 2.05) is 0 Å². The second kappa shape index (κ2) is 9.69. The van der Waals surface area contributed by atoms with Gasteiger partial charge in [-0.3, -0.25) is 14.5 Å². The van der Waals surface area contributed by atoms with Gasteiger partial charge in [0.15, 0.2) is 0 Å². The molecule has 0 spiro atoms. The van der Waals surface area contributed by atoms with Crippen LogP contribution in [0.15, 0.2) is 44.1 Å². The van der Waals surface area contributed by atoms with Crippen molar-refractivity contribution in [2.45, 2.75) is 25.7 Å². The lowest BCUT2D eigenvalue weighted by Gasteiger charge is -2.13. The van der Waals surface area contributed by atoms with Gasteiger partial charge in [-0.1, -0.05) is 46.3 Å². The van der Waals surface area contributed by atoms with E-state index >= 15 is 0 Å². The lowest BCUT2D eigenvalue weighted by Crippen LogP contribution is -2.29. The van der Waals surface area contributed by atoms with Crippen LogP contribution >= 0.6 is 39.9 Å². The second-order valence-electron chi connectivity index (χ2n) is 6.36. The molecule has 1 N–H and O–H groups in total. The molecule has 0 unspecified atom stereocenters. The molecule has 9 heteroatoms. The van der Waals surface area contributed by atoms with Crippen LogP contribution in [0, 0.1) is 5.82 Å². The minimum Gasteiger partial charge on any atom is -0.481 e. The predicted octanol–water partition coefficient (Wildman–Crippen LogP) is 5.69. The van der Waals surface area contributed by atoms with Gasteiger partial charge in [0.1, 0.15) is 21.7 Å². The summed E-state index contributed by atoms with van der Waals surface area (Å²) in [6, 6.07) is 8.03. The summed E-state index contributed by atoms with van der Waals surface area (Å²) in [5, 5.41) is 8.66. The van der Waals surface area contributed by atoms with Gasteiger partial charge in [0.05, 0.1) is 10.5 Å². The molecule has 2 aromatic rings. The summed E-state index contributed by atoms with van der Waals surface area (Å²) in [5.74, 6) is -0.626. The number of carbonyl (C=O) groups excluding carboxylic acids is 1. The summed E-state index contributed by atoms with van der Waals surface area (Å²) >= 11 is 9.70. The van der Waals surface area contributed by atoms with Gasteiger partial charge in [-0.2, -0.15) is 0 Å². The lowest BCUT2D eigenvalue weighted by atomic mass is 10.1. The average Bonchev–Trinajstić information content (AvgIpc) is 3.21. The van der Waals surface area contributed by atoms with Crippen molar-refractivity contribution >= 4 is 62.2 Å². The number of halogens is 2. The van der Waals surface area contributed by atoms with E-state index < -0.39 is 11.8 Å². The molecule has 1 aromatic heterocycles. The molecule has 1 aliphatic rings. The Bertz CT molecular complexity index is 989. The van der Waals surface area contributed by atoms with E-state index in [0.717, 1.165) is 0 Å². The van der Waals surface area contributed by atoms with Crippen molar-refractivity contribution in [1.29, 1.82) is 0 Å². The quantitative estimate of drug-likeness (QED) is 0.286. The number of thioether (sulfide) groups is 1. The highest BCUT2D eigenvalue weighted by Crippen LogP contribution is 2.34. The predicted molar refractivity (Wildman–Crippen MR) is 118 cm³/mol. The molecular formula is C20H17BrFNO4S2. The normalized spacial score (nSPS) is 15.5. The molecule has 1 saturated heterocycles. The Morgan fingerprint density at radius 2 is 2.07 bits per heavy atom. The molecular weight excluding hydrogens is 481 g/mol. The molecule has 152 valence electrons. The fourth-order valence-electron chi connectivity index (χ4n) is 2.81. The largest absolute Gasteiger partial charge is 0.481 e. The number of thiocarbonyl (C=S) groups is 1. The van der Waals surface area contributed by atoms with Gasteiger partial charge >= 0.3 is 5.97 Å². The van der Waals surface area contributed by atoms with Gasteiger partial charge in [-0.15, -0.1) is 0 Å². The smallest absolute Gasteiger partial charge is 0.303 e. The molecule has 0 atom stereocenters. The molecule has 2 heterocycles. The van der Waals surface area contributed by atoms with Gasteiger partial charge < -0.3 is 9.52 Å². The summed E-state index contributed by atoms with van der Waals surface area (Å²) in [6.45, 7) is 0.454. The first-order valence-corrected chi connectivity index (χ1v) is 10.9. The third-order valence-corrected chi connectivity index (χ3v) is 6.11. The van der Waals surface area contributed by atoms with Crippen molar-refractivity contribution < 1.29 is 23.5 Å². The zero-order valence-corrected chi connectivity index (χ0v) is 18.4. The van der Waals surface area contributed by atoms with Crippen molar-refractivity contribution in [3.05, 3.63) is 51.3 Å². The number of benzene rings is 1. The van der Waals surface area contributed by atoms with Gasteiger partial charge in [0, 0.05) is 23.5 Å². The van der Waals surface area contributed by atoms with Crippen LogP contribution in [0.3, 0.4) is 0 Å². The van der Waals surface area contributed by atoms with E-state index in [4.69, 9.17) is 21.7 Å². The number of aliphatic carboxylic acids is 1. The average molecular weight is 498 g/mol. The molecule has 3 rings (SSSR count). The number of amides is 1. The Morgan fingerprint density at radius 3 is 2.79 bits per heavy atom. The summed E-state index contributed by atoms with van der Waals surface area (Å²) < 4.78 is 20.9. The first-order valence-electron chi connectivity index (χ1n) is 8.87. The minimum absolute atomic E-state index is 0.123.